The van der Waals surface area contributed by atoms with Gasteiger partial charge in [-0.25, -0.2) is 4.79 Å². The molecule has 0 radical (unpaired) electrons. The molecule has 1 N–H and O–H groups in total. The Hall–Kier alpha value is -2.31. The van der Waals surface area contributed by atoms with E-state index >= 15 is 0 Å². The number of aromatic nitrogens is 1. The third kappa shape index (κ3) is 3.09. The van der Waals surface area contributed by atoms with Gasteiger partial charge in [-0.05, 0) is 37.1 Å². The molecule has 0 amide bonds. The molecule has 0 aliphatic carbocycles. The van der Waals surface area contributed by atoms with Crippen molar-refractivity contribution in [2.24, 2.45) is 5.92 Å². The van der Waals surface area contributed by atoms with Crippen LogP contribution < -0.4 is 4.90 Å². The number of carbonyl (C=O) groups is 1. The summed E-state index contributed by atoms with van der Waals surface area (Å²) >= 11 is 0. The third-order valence-corrected chi connectivity index (χ3v) is 4.28. The van der Waals surface area contributed by atoms with E-state index in [4.69, 9.17) is 0 Å². The van der Waals surface area contributed by atoms with Gasteiger partial charge in [0.2, 0.25) is 0 Å². The van der Waals surface area contributed by atoms with Crippen molar-refractivity contribution in [2.45, 2.75) is 19.0 Å². The number of piperidine rings is 1. The minimum atomic E-state index is -4.14. The molecule has 1 aromatic carbocycles. The zero-order valence-electron chi connectivity index (χ0n) is 12.2. The standard InChI is InChI=1S/C16H15F3N2O2/c17-16(18,19)10-4-7-21(8-5-10)11-1-2-14-13(9-11)12(15(22)23)3-6-20-14/h1-3,6,9-10H,4-5,7-8H2,(H,22,23). The van der Waals surface area contributed by atoms with Crippen LogP contribution in [0, 0.1) is 5.92 Å². The number of rotatable bonds is 2. The number of aromatic carboxylic acids is 1. The molecule has 4 nitrogen and oxygen atoms in total. The Morgan fingerprint density at radius 2 is 1.91 bits per heavy atom. The smallest absolute Gasteiger partial charge is 0.391 e. The number of anilines is 1. The summed E-state index contributed by atoms with van der Waals surface area (Å²) in [7, 11) is 0. The summed E-state index contributed by atoms with van der Waals surface area (Å²) in [4.78, 5) is 17.3. The minimum Gasteiger partial charge on any atom is -0.478 e. The second-order valence-corrected chi connectivity index (χ2v) is 5.67. The molecule has 3 rings (SSSR count). The summed E-state index contributed by atoms with van der Waals surface area (Å²) in [6.45, 7) is 0.608. The Labute approximate surface area is 130 Å². The number of halogens is 3. The van der Waals surface area contributed by atoms with Crippen LogP contribution in [-0.2, 0) is 0 Å². The molecule has 0 atom stereocenters. The van der Waals surface area contributed by atoms with Crippen molar-refractivity contribution in [1.29, 1.82) is 0 Å². The van der Waals surface area contributed by atoms with Crippen molar-refractivity contribution in [3.63, 3.8) is 0 Å². The van der Waals surface area contributed by atoms with E-state index in [-0.39, 0.29) is 18.4 Å². The van der Waals surface area contributed by atoms with Crippen molar-refractivity contribution in [2.75, 3.05) is 18.0 Å². The molecule has 0 spiro atoms. The Morgan fingerprint density at radius 1 is 1.22 bits per heavy atom. The van der Waals surface area contributed by atoms with Crippen molar-refractivity contribution < 1.29 is 23.1 Å². The van der Waals surface area contributed by atoms with Gasteiger partial charge in [-0.15, -0.1) is 0 Å². The van der Waals surface area contributed by atoms with Crippen LogP contribution in [0.2, 0.25) is 0 Å². The van der Waals surface area contributed by atoms with E-state index in [2.05, 4.69) is 4.98 Å². The van der Waals surface area contributed by atoms with E-state index in [1.807, 2.05) is 4.90 Å². The van der Waals surface area contributed by atoms with Gasteiger partial charge in [-0.3, -0.25) is 4.98 Å². The van der Waals surface area contributed by atoms with Crippen LogP contribution in [-0.4, -0.2) is 35.3 Å². The number of nitrogens with zero attached hydrogens (tertiary/aromatic N) is 2. The lowest BCUT2D eigenvalue weighted by Crippen LogP contribution is -2.39. The summed E-state index contributed by atoms with van der Waals surface area (Å²) in [5.41, 5.74) is 1.43. The molecule has 2 aromatic rings. The normalized spacial score (nSPS) is 16.7. The molecule has 0 bridgehead atoms. The van der Waals surface area contributed by atoms with Gasteiger partial charge in [0.25, 0.3) is 0 Å². The number of benzene rings is 1. The van der Waals surface area contributed by atoms with E-state index < -0.39 is 18.1 Å². The van der Waals surface area contributed by atoms with Crippen LogP contribution in [0.15, 0.2) is 30.5 Å². The monoisotopic (exact) mass is 324 g/mol. The third-order valence-electron chi connectivity index (χ3n) is 4.28. The first kappa shape index (κ1) is 15.6. The van der Waals surface area contributed by atoms with Crippen LogP contribution >= 0.6 is 0 Å². The second-order valence-electron chi connectivity index (χ2n) is 5.67. The van der Waals surface area contributed by atoms with E-state index in [9.17, 15) is 23.1 Å². The number of carboxylic acids is 1. The van der Waals surface area contributed by atoms with E-state index in [1.165, 1.54) is 12.3 Å². The maximum Gasteiger partial charge on any atom is 0.391 e. The maximum atomic E-state index is 12.7. The topological polar surface area (TPSA) is 53.4 Å². The van der Waals surface area contributed by atoms with Crippen molar-refractivity contribution >= 4 is 22.6 Å². The molecule has 1 aliphatic heterocycles. The zero-order chi connectivity index (χ0) is 16.6. The minimum absolute atomic E-state index is 0.0559. The predicted molar refractivity (Wildman–Crippen MR) is 79.7 cm³/mol. The molecular formula is C16H15F3N2O2. The first-order valence-corrected chi connectivity index (χ1v) is 7.30. The largest absolute Gasteiger partial charge is 0.478 e. The van der Waals surface area contributed by atoms with Crippen LogP contribution in [0.3, 0.4) is 0 Å². The zero-order valence-corrected chi connectivity index (χ0v) is 12.2. The van der Waals surface area contributed by atoms with Crippen LogP contribution in [0.25, 0.3) is 10.9 Å². The molecule has 0 saturated carbocycles. The van der Waals surface area contributed by atoms with Crippen LogP contribution in [0.4, 0.5) is 18.9 Å². The van der Waals surface area contributed by atoms with Gasteiger partial charge in [-0.2, -0.15) is 13.2 Å². The van der Waals surface area contributed by atoms with Crippen molar-refractivity contribution in [1.82, 2.24) is 4.98 Å². The Kier molecular flexibility index (Phi) is 3.87. The molecule has 2 heterocycles. The highest BCUT2D eigenvalue weighted by atomic mass is 19.4. The molecule has 0 unspecified atom stereocenters. The lowest BCUT2D eigenvalue weighted by molar-refractivity contribution is -0.179. The van der Waals surface area contributed by atoms with Gasteiger partial charge in [0, 0.05) is 30.4 Å². The molecule has 1 aliphatic rings. The average molecular weight is 324 g/mol. The summed E-state index contributed by atoms with van der Waals surface area (Å²) in [5, 5.41) is 9.74. The van der Waals surface area contributed by atoms with Crippen LogP contribution in [0.5, 0.6) is 0 Å². The highest BCUT2D eigenvalue weighted by Gasteiger charge is 2.41. The van der Waals surface area contributed by atoms with Crippen LogP contribution in [0.1, 0.15) is 23.2 Å². The summed E-state index contributed by atoms with van der Waals surface area (Å²) < 4.78 is 38.2. The average Bonchev–Trinajstić information content (AvgIpc) is 2.53. The highest BCUT2D eigenvalue weighted by Crippen LogP contribution is 2.36. The Morgan fingerprint density at radius 3 is 2.52 bits per heavy atom. The fourth-order valence-electron chi connectivity index (χ4n) is 2.98. The van der Waals surface area contributed by atoms with E-state index in [0.29, 0.717) is 24.0 Å². The lowest BCUT2D eigenvalue weighted by Gasteiger charge is -2.34. The number of carboxylic acid groups (broad SMARTS) is 1. The number of hydrogen-bond donors (Lipinski definition) is 1. The predicted octanol–water partition coefficient (Wildman–Crippen LogP) is 3.71. The molecule has 23 heavy (non-hydrogen) atoms. The summed E-state index contributed by atoms with van der Waals surface area (Å²) in [6, 6.07) is 6.59. The number of pyridine rings is 1. The van der Waals surface area contributed by atoms with Gasteiger partial charge in [-0.1, -0.05) is 0 Å². The molecule has 1 saturated heterocycles. The summed E-state index contributed by atoms with van der Waals surface area (Å²) in [5.74, 6) is -2.30. The molecule has 122 valence electrons. The fraction of sp³-hybridized carbons (Fsp3) is 0.375. The molecule has 1 aromatic heterocycles. The number of hydrogen-bond acceptors (Lipinski definition) is 3. The van der Waals surface area contributed by atoms with Gasteiger partial charge in [0.1, 0.15) is 0 Å². The summed E-state index contributed by atoms with van der Waals surface area (Å²) in [6.07, 6.45) is -2.60. The Balaban J connectivity index is 1.87. The van der Waals surface area contributed by atoms with E-state index in [1.54, 1.807) is 18.2 Å². The highest BCUT2D eigenvalue weighted by molar-refractivity contribution is 6.03. The first-order chi connectivity index (χ1) is 10.9. The van der Waals surface area contributed by atoms with E-state index in [0.717, 1.165) is 5.69 Å². The number of fused-ring (bicyclic) bond motifs is 1. The maximum absolute atomic E-state index is 12.7. The van der Waals surface area contributed by atoms with Gasteiger partial charge in [0.05, 0.1) is 17.0 Å². The van der Waals surface area contributed by atoms with Gasteiger partial charge < -0.3 is 10.0 Å². The molecule has 1 fully saturated rings. The lowest BCUT2D eigenvalue weighted by atomic mass is 9.95. The fourth-order valence-corrected chi connectivity index (χ4v) is 2.98. The SMILES string of the molecule is O=C(O)c1ccnc2ccc(N3CCC(C(F)(F)F)CC3)cc12. The molecule has 7 heteroatoms. The number of alkyl halides is 3. The first-order valence-electron chi connectivity index (χ1n) is 7.30. The van der Waals surface area contributed by atoms with Gasteiger partial charge in [0.15, 0.2) is 0 Å². The molecular weight excluding hydrogens is 309 g/mol. The van der Waals surface area contributed by atoms with Gasteiger partial charge >= 0.3 is 12.1 Å². The Bertz CT molecular complexity index is 738. The van der Waals surface area contributed by atoms with Crippen molar-refractivity contribution in [3.05, 3.63) is 36.0 Å². The second kappa shape index (κ2) is 5.72. The quantitative estimate of drug-likeness (QED) is 0.915. The van der Waals surface area contributed by atoms with Crippen molar-refractivity contribution in [3.8, 4) is 0 Å².